The summed E-state index contributed by atoms with van der Waals surface area (Å²) in [4.78, 5) is 30.5. The number of nitrogens with zero attached hydrogens (tertiary/aromatic N) is 4. The standard InChI is InChI=1S/C25H18Cl2F3N5O2/c1-13-10-19(25(28,29)30)31-11-16(13)12-34-23(36)21(15-4-8-18(27)9-5-15)20(14-2-6-17(26)7-3-14)22-32-33-24(37)35(22)34/h2-11,13,16H,12H2,1H3,(H,33,37). The van der Waals surface area contributed by atoms with Crippen molar-refractivity contribution >= 4 is 35.1 Å². The summed E-state index contributed by atoms with van der Waals surface area (Å²) in [6.45, 7) is 1.49. The fourth-order valence-electron chi connectivity index (χ4n) is 4.36. The summed E-state index contributed by atoms with van der Waals surface area (Å²) in [7, 11) is 0. The minimum absolute atomic E-state index is 0.109. The maximum atomic E-state index is 14.0. The van der Waals surface area contributed by atoms with Crippen LogP contribution >= 0.6 is 23.2 Å². The highest BCUT2D eigenvalue weighted by molar-refractivity contribution is 6.31. The number of fused-ring (bicyclic) bond motifs is 1. The molecule has 3 heterocycles. The molecule has 0 spiro atoms. The van der Waals surface area contributed by atoms with Gasteiger partial charge in [-0.2, -0.15) is 22.8 Å². The Morgan fingerprint density at radius 1 is 0.946 bits per heavy atom. The zero-order chi connectivity index (χ0) is 26.5. The molecule has 1 aliphatic heterocycles. The third-order valence-corrected chi connectivity index (χ3v) is 6.76. The van der Waals surface area contributed by atoms with Crippen LogP contribution in [-0.4, -0.2) is 31.8 Å². The lowest BCUT2D eigenvalue weighted by Crippen LogP contribution is -2.37. The summed E-state index contributed by atoms with van der Waals surface area (Å²) >= 11 is 12.1. The van der Waals surface area contributed by atoms with E-state index in [-0.39, 0.29) is 17.8 Å². The fourth-order valence-corrected chi connectivity index (χ4v) is 4.62. The molecule has 0 amide bonds. The average molecular weight is 548 g/mol. The Hall–Kier alpha value is -3.63. The number of nitrogens with one attached hydrogen (secondary N) is 1. The molecule has 0 saturated carbocycles. The molecule has 1 N–H and O–H groups in total. The molecule has 0 bridgehead atoms. The van der Waals surface area contributed by atoms with Gasteiger partial charge in [-0.1, -0.05) is 60.5 Å². The first-order valence-electron chi connectivity index (χ1n) is 11.1. The number of allylic oxidation sites excluding steroid dienone is 2. The van der Waals surface area contributed by atoms with E-state index in [4.69, 9.17) is 23.2 Å². The Bertz CT molecular complexity index is 1670. The van der Waals surface area contributed by atoms with Crippen molar-refractivity contribution < 1.29 is 13.2 Å². The number of aromatic amines is 1. The summed E-state index contributed by atoms with van der Waals surface area (Å²) in [5, 5.41) is 7.53. The number of H-pyrrole nitrogens is 1. The average Bonchev–Trinajstić information content (AvgIpc) is 3.23. The normalized spacial score (nSPS) is 17.8. The van der Waals surface area contributed by atoms with Crippen molar-refractivity contribution in [3.8, 4) is 22.3 Å². The largest absolute Gasteiger partial charge is 0.433 e. The molecular formula is C25H18Cl2F3N5O2. The fraction of sp³-hybridized carbons (Fsp3) is 0.200. The van der Waals surface area contributed by atoms with Crippen molar-refractivity contribution in [2.75, 3.05) is 0 Å². The van der Waals surface area contributed by atoms with Gasteiger partial charge in [0.1, 0.15) is 5.70 Å². The lowest BCUT2D eigenvalue weighted by Gasteiger charge is -2.24. The molecule has 7 nitrogen and oxygen atoms in total. The van der Waals surface area contributed by atoms with Gasteiger partial charge in [0.05, 0.1) is 12.1 Å². The number of benzene rings is 2. The third-order valence-electron chi connectivity index (χ3n) is 6.25. The number of hydrogen-bond acceptors (Lipinski definition) is 4. The number of alkyl halides is 3. The lowest BCUT2D eigenvalue weighted by atomic mass is 9.91. The molecule has 2 aromatic carbocycles. The van der Waals surface area contributed by atoms with Gasteiger partial charge in [0.2, 0.25) is 0 Å². The number of halogens is 5. The summed E-state index contributed by atoms with van der Waals surface area (Å²) < 4.78 is 41.7. The van der Waals surface area contributed by atoms with Gasteiger partial charge in [-0.3, -0.25) is 9.79 Å². The predicted molar refractivity (Wildman–Crippen MR) is 136 cm³/mol. The first-order valence-corrected chi connectivity index (χ1v) is 11.9. The maximum absolute atomic E-state index is 14.0. The minimum Gasteiger partial charge on any atom is -0.267 e. The summed E-state index contributed by atoms with van der Waals surface area (Å²) in [6, 6.07) is 13.3. The number of aromatic nitrogens is 4. The van der Waals surface area contributed by atoms with Crippen molar-refractivity contribution in [2.45, 2.75) is 19.6 Å². The van der Waals surface area contributed by atoms with Gasteiger partial charge in [0, 0.05) is 27.7 Å². The lowest BCUT2D eigenvalue weighted by molar-refractivity contribution is -0.0931. The Morgan fingerprint density at radius 3 is 2.05 bits per heavy atom. The van der Waals surface area contributed by atoms with Crippen molar-refractivity contribution in [2.24, 2.45) is 16.8 Å². The van der Waals surface area contributed by atoms with E-state index in [0.29, 0.717) is 26.7 Å². The van der Waals surface area contributed by atoms with Crippen molar-refractivity contribution in [1.29, 1.82) is 0 Å². The quantitative estimate of drug-likeness (QED) is 0.360. The molecule has 5 rings (SSSR count). The minimum atomic E-state index is -4.58. The molecule has 12 heteroatoms. The monoisotopic (exact) mass is 547 g/mol. The van der Waals surface area contributed by atoms with E-state index >= 15 is 0 Å². The molecule has 190 valence electrons. The molecule has 2 aromatic heterocycles. The molecule has 0 saturated heterocycles. The van der Waals surface area contributed by atoms with Crippen LogP contribution in [-0.2, 0) is 6.54 Å². The summed E-state index contributed by atoms with van der Waals surface area (Å²) in [6.07, 6.45) is -2.39. The van der Waals surface area contributed by atoms with Crippen molar-refractivity contribution in [3.63, 3.8) is 0 Å². The van der Waals surface area contributed by atoms with Crippen molar-refractivity contribution in [3.05, 3.63) is 91.2 Å². The third kappa shape index (κ3) is 4.62. The molecule has 2 unspecified atom stereocenters. The Balaban J connectivity index is 1.75. The molecule has 1 aliphatic rings. The molecule has 37 heavy (non-hydrogen) atoms. The van der Waals surface area contributed by atoms with Gasteiger partial charge < -0.3 is 0 Å². The van der Waals surface area contributed by atoms with Crippen LogP contribution in [0.3, 0.4) is 0 Å². The van der Waals surface area contributed by atoms with Crippen LogP contribution in [0.4, 0.5) is 13.2 Å². The van der Waals surface area contributed by atoms with E-state index in [1.54, 1.807) is 55.5 Å². The van der Waals surface area contributed by atoms with E-state index < -0.39 is 35.0 Å². The van der Waals surface area contributed by atoms with Crippen LogP contribution in [0.25, 0.3) is 27.9 Å². The highest BCUT2D eigenvalue weighted by Gasteiger charge is 2.37. The summed E-state index contributed by atoms with van der Waals surface area (Å²) in [5.74, 6) is -1.19. The first-order chi connectivity index (χ1) is 17.5. The van der Waals surface area contributed by atoms with Crippen LogP contribution in [0.1, 0.15) is 6.92 Å². The first kappa shape index (κ1) is 25.0. The van der Waals surface area contributed by atoms with Gasteiger partial charge in [-0.25, -0.2) is 14.6 Å². The Labute approximate surface area is 217 Å². The molecule has 0 fully saturated rings. The SMILES string of the molecule is CC1C=C(C(F)(F)F)N=CC1Cn1c(=O)c(-c2ccc(Cl)cc2)c(-c2ccc(Cl)cc2)c2n[nH]c(=O)n21. The highest BCUT2D eigenvalue weighted by atomic mass is 35.5. The van der Waals surface area contributed by atoms with Gasteiger partial charge in [-0.15, -0.1) is 0 Å². The van der Waals surface area contributed by atoms with E-state index in [1.165, 1.54) is 10.9 Å². The maximum Gasteiger partial charge on any atom is 0.433 e. The van der Waals surface area contributed by atoms with E-state index in [2.05, 4.69) is 15.2 Å². The van der Waals surface area contributed by atoms with Crippen LogP contribution < -0.4 is 11.2 Å². The zero-order valence-corrected chi connectivity index (χ0v) is 20.6. The van der Waals surface area contributed by atoms with Gasteiger partial charge in [0.15, 0.2) is 5.65 Å². The van der Waals surface area contributed by atoms with E-state index in [1.807, 2.05) is 0 Å². The van der Waals surface area contributed by atoms with Crippen LogP contribution in [0.2, 0.25) is 10.0 Å². The van der Waals surface area contributed by atoms with E-state index in [0.717, 1.165) is 10.6 Å². The van der Waals surface area contributed by atoms with Gasteiger partial charge in [-0.05, 0) is 41.3 Å². The van der Waals surface area contributed by atoms with Crippen molar-refractivity contribution in [1.82, 2.24) is 19.4 Å². The Kier molecular flexibility index (Phi) is 6.33. The molecule has 0 aliphatic carbocycles. The van der Waals surface area contributed by atoms with Crippen LogP contribution in [0, 0.1) is 11.8 Å². The Morgan fingerprint density at radius 2 is 1.51 bits per heavy atom. The van der Waals surface area contributed by atoms with Crippen LogP contribution in [0.15, 0.2) is 74.9 Å². The number of rotatable bonds is 4. The second-order valence-corrected chi connectivity index (χ2v) is 9.54. The van der Waals surface area contributed by atoms with Gasteiger partial charge in [0.25, 0.3) is 5.56 Å². The molecule has 4 aromatic rings. The predicted octanol–water partition coefficient (Wildman–Crippen LogP) is 5.61. The highest BCUT2D eigenvalue weighted by Crippen LogP contribution is 2.35. The topological polar surface area (TPSA) is 84.5 Å². The van der Waals surface area contributed by atoms with Crippen LogP contribution in [0.5, 0.6) is 0 Å². The molecular weight excluding hydrogens is 530 g/mol. The molecule has 0 radical (unpaired) electrons. The smallest absolute Gasteiger partial charge is 0.267 e. The number of hydrogen-bond donors (Lipinski definition) is 1. The summed E-state index contributed by atoms with van der Waals surface area (Å²) in [5.41, 5.74) is -0.270. The molecule has 2 atom stereocenters. The second kappa shape index (κ2) is 9.35. The van der Waals surface area contributed by atoms with E-state index in [9.17, 15) is 22.8 Å². The second-order valence-electron chi connectivity index (χ2n) is 8.67. The number of aliphatic imine (C=N–C) groups is 1. The zero-order valence-electron chi connectivity index (χ0n) is 19.1. The van der Waals surface area contributed by atoms with Gasteiger partial charge >= 0.3 is 11.9 Å².